The van der Waals surface area contributed by atoms with Crippen LogP contribution in [0.15, 0.2) is 48.9 Å². The predicted molar refractivity (Wildman–Crippen MR) is 96.6 cm³/mol. The topological polar surface area (TPSA) is 94.3 Å². The first-order valence-electron chi connectivity index (χ1n) is 7.78. The van der Waals surface area contributed by atoms with Crippen molar-refractivity contribution in [3.8, 4) is 5.75 Å². The van der Waals surface area contributed by atoms with Crippen molar-refractivity contribution in [1.82, 2.24) is 24.8 Å². The Bertz CT molecular complexity index is 1070. The van der Waals surface area contributed by atoms with Crippen molar-refractivity contribution in [1.29, 1.82) is 0 Å². The second-order valence-electron chi connectivity index (χ2n) is 5.39. The summed E-state index contributed by atoms with van der Waals surface area (Å²) in [5.41, 5.74) is 1.88. The number of carbonyl (C=O) groups is 1. The van der Waals surface area contributed by atoms with Gasteiger partial charge in [0.1, 0.15) is 16.3 Å². The van der Waals surface area contributed by atoms with Crippen LogP contribution in [0, 0.1) is 0 Å². The van der Waals surface area contributed by atoms with Crippen molar-refractivity contribution in [2.75, 3.05) is 12.4 Å². The minimum atomic E-state index is -0.321. The molecule has 0 bridgehead atoms. The molecular weight excluding hydrogens is 352 g/mol. The van der Waals surface area contributed by atoms with Gasteiger partial charge in [-0.05, 0) is 12.1 Å². The molecule has 26 heavy (non-hydrogen) atoms. The van der Waals surface area contributed by atoms with Crippen molar-refractivity contribution in [2.45, 2.75) is 6.42 Å². The number of fused-ring (bicyclic) bond motifs is 1. The maximum absolute atomic E-state index is 12.5. The zero-order valence-corrected chi connectivity index (χ0v) is 14.6. The number of methoxy groups -OCH3 is 1. The largest absolute Gasteiger partial charge is 0.496 e. The Kier molecular flexibility index (Phi) is 4.28. The quantitative estimate of drug-likeness (QED) is 0.583. The molecule has 0 aliphatic rings. The van der Waals surface area contributed by atoms with E-state index in [9.17, 15) is 4.79 Å². The molecule has 0 aliphatic carbocycles. The van der Waals surface area contributed by atoms with Gasteiger partial charge in [0.2, 0.25) is 5.13 Å². The second kappa shape index (κ2) is 6.89. The molecule has 8 nitrogen and oxygen atoms in total. The molecule has 0 unspecified atom stereocenters. The van der Waals surface area contributed by atoms with Gasteiger partial charge in [0, 0.05) is 24.4 Å². The van der Waals surface area contributed by atoms with Gasteiger partial charge in [-0.15, -0.1) is 10.2 Å². The molecule has 4 aromatic rings. The van der Waals surface area contributed by atoms with Gasteiger partial charge in [0.25, 0.3) is 5.91 Å². The summed E-state index contributed by atoms with van der Waals surface area (Å²) in [5, 5.41) is 16.3. The molecule has 0 saturated carbocycles. The Labute approximate surface area is 152 Å². The summed E-state index contributed by atoms with van der Waals surface area (Å²) in [6, 6.07) is 9.48. The third-order valence-corrected chi connectivity index (χ3v) is 4.58. The van der Waals surface area contributed by atoms with Gasteiger partial charge in [-0.2, -0.15) is 5.10 Å². The number of amides is 1. The highest BCUT2D eigenvalue weighted by molar-refractivity contribution is 7.15. The maximum atomic E-state index is 12.5. The highest BCUT2D eigenvalue weighted by atomic mass is 32.1. The van der Waals surface area contributed by atoms with E-state index in [0.29, 0.717) is 22.8 Å². The number of carbonyl (C=O) groups excluding carboxylic acids is 1. The third kappa shape index (κ3) is 3.11. The van der Waals surface area contributed by atoms with Crippen LogP contribution < -0.4 is 10.1 Å². The molecule has 0 aliphatic heterocycles. The number of ether oxygens (including phenoxy) is 1. The average Bonchev–Trinajstić information content (AvgIpc) is 3.29. The number of anilines is 1. The molecule has 130 valence electrons. The predicted octanol–water partition coefficient (Wildman–Crippen LogP) is 2.43. The fourth-order valence-electron chi connectivity index (χ4n) is 2.54. The van der Waals surface area contributed by atoms with Gasteiger partial charge in [-0.1, -0.05) is 29.5 Å². The van der Waals surface area contributed by atoms with Gasteiger partial charge >= 0.3 is 0 Å². The zero-order chi connectivity index (χ0) is 17.9. The van der Waals surface area contributed by atoms with E-state index in [0.717, 1.165) is 16.3 Å². The van der Waals surface area contributed by atoms with Crippen LogP contribution in [0.25, 0.3) is 5.65 Å². The first kappa shape index (κ1) is 16.2. The zero-order valence-electron chi connectivity index (χ0n) is 13.8. The van der Waals surface area contributed by atoms with Gasteiger partial charge in [-0.3, -0.25) is 10.1 Å². The molecule has 1 N–H and O–H groups in total. The number of nitrogens with one attached hydrogen (secondary N) is 1. The van der Waals surface area contributed by atoms with Crippen molar-refractivity contribution in [3.63, 3.8) is 0 Å². The number of aromatic nitrogens is 5. The molecule has 0 atom stereocenters. The SMILES string of the molecule is COc1ccccc1Cc1nnc(NC(=O)c2cnn3cccnc23)s1. The van der Waals surface area contributed by atoms with Gasteiger partial charge < -0.3 is 4.74 Å². The van der Waals surface area contributed by atoms with E-state index in [-0.39, 0.29) is 5.91 Å². The first-order chi connectivity index (χ1) is 12.7. The van der Waals surface area contributed by atoms with E-state index in [1.807, 2.05) is 24.3 Å². The third-order valence-electron chi connectivity index (χ3n) is 3.75. The van der Waals surface area contributed by atoms with E-state index in [2.05, 4.69) is 25.6 Å². The maximum Gasteiger partial charge on any atom is 0.262 e. The van der Waals surface area contributed by atoms with Crippen LogP contribution >= 0.6 is 11.3 Å². The van der Waals surface area contributed by atoms with E-state index in [1.165, 1.54) is 17.5 Å². The van der Waals surface area contributed by atoms with E-state index in [1.54, 1.807) is 30.1 Å². The highest BCUT2D eigenvalue weighted by Gasteiger charge is 2.16. The molecule has 3 heterocycles. The molecule has 9 heteroatoms. The summed E-state index contributed by atoms with van der Waals surface area (Å²) in [4.78, 5) is 16.6. The standard InChI is InChI=1S/C17H14N6O2S/c1-25-13-6-3-2-5-11(13)9-14-21-22-17(26-14)20-16(24)12-10-19-23-8-4-7-18-15(12)23/h2-8,10H,9H2,1H3,(H,20,22,24). The van der Waals surface area contributed by atoms with Gasteiger partial charge in [0.05, 0.1) is 13.3 Å². The van der Waals surface area contributed by atoms with Crippen LogP contribution in [0.5, 0.6) is 5.75 Å². The molecular formula is C17H14N6O2S. The summed E-state index contributed by atoms with van der Waals surface area (Å²) in [6.45, 7) is 0. The Morgan fingerprint density at radius 2 is 2.15 bits per heavy atom. The van der Waals surface area contributed by atoms with Crippen LogP contribution in [0.1, 0.15) is 20.9 Å². The number of hydrogen-bond acceptors (Lipinski definition) is 7. The van der Waals surface area contributed by atoms with Crippen molar-refractivity contribution >= 4 is 28.0 Å². The Hall–Kier alpha value is -3.33. The second-order valence-corrected chi connectivity index (χ2v) is 6.45. The number of para-hydroxylation sites is 1. The van der Waals surface area contributed by atoms with E-state index >= 15 is 0 Å². The summed E-state index contributed by atoms with van der Waals surface area (Å²) in [5.74, 6) is 0.476. The van der Waals surface area contributed by atoms with Gasteiger partial charge in [-0.25, -0.2) is 9.50 Å². The monoisotopic (exact) mass is 366 g/mol. The Morgan fingerprint density at radius 1 is 1.27 bits per heavy atom. The van der Waals surface area contributed by atoms with Gasteiger partial charge in [0.15, 0.2) is 5.65 Å². The normalized spacial score (nSPS) is 10.8. The number of nitrogens with zero attached hydrogens (tertiary/aromatic N) is 5. The van der Waals surface area contributed by atoms with Crippen LogP contribution in [0.2, 0.25) is 0 Å². The molecule has 0 saturated heterocycles. The minimum Gasteiger partial charge on any atom is -0.496 e. The Morgan fingerprint density at radius 3 is 3.04 bits per heavy atom. The molecule has 4 rings (SSSR count). The summed E-state index contributed by atoms with van der Waals surface area (Å²) in [7, 11) is 1.63. The van der Waals surface area contributed by atoms with Crippen molar-refractivity contribution < 1.29 is 9.53 Å². The summed E-state index contributed by atoms with van der Waals surface area (Å²) >= 11 is 1.32. The van der Waals surface area contributed by atoms with Crippen molar-refractivity contribution in [3.05, 3.63) is 65.1 Å². The summed E-state index contributed by atoms with van der Waals surface area (Å²) < 4.78 is 6.89. The van der Waals surface area contributed by atoms with Crippen LogP contribution in [-0.4, -0.2) is 37.8 Å². The first-order valence-corrected chi connectivity index (χ1v) is 8.60. The molecule has 1 aromatic carbocycles. The lowest BCUT2D eigenvalue weighted by Crippen LogP contribution is -2.11. The van der Waals surface area contributed by atoms with E-state index in [4.69, 9.17) is 4.74 Å². The van der Waals surface area contributed by atoms with Crippen molar-refractivity contribution in [2.24, 2.45) is 0 Å². The lowest BCUT2D eigenvalue weighted by Gasteiger charge is -2.05. The number of hydrogen-bond donors (Lipinski definition) is 1. The van der Waals surface area contributed by atoms with Crippen LogP contribution in [0.4, 0.5) is 5.13 Å². The highest BCUT2D eigenvalue weighted by Crippen LogP contribution is 2.24. The lowest BCUT2D eigenvalue weighted by molar-refractivity contribution is 0.102. The average molecular weight is 366 g/mol. The van der Waals surface area contributed by atoms with Crippen LogP contribution in [0.3, 0.4) is 0 Å². The molecule has 1 amide bonds. The molecule has 0 spiro atoms. The fourth-order valence-corrected chi connectivity index (χ4v) is 3.30. The fraction of sp³-hybridized carbons (Fsp3) is 0.118. The Balaban J connectivity index is 1.51. The molecule has 3 aromatic heterocycles. The number of rotatable bonds is 5. The van der Waals surface area contributed by atoms with Crippen LogP contribution in [-0.2, 0) is 6.42 Å². The molecule has 0 fully saturated rings. The molecule has 0 radical (unpaired) electrons. The smallest absolute Gasteiger partial charge is 0.262 e. The minimum absolute atomic E-state index is 0.321. The number of benzene rings is 1. The van der Waals surface area contributed by atoms with E-state index < -0.39 is 0 Å². The lowest BCUT2D eigenvalue weighted by atomic mass is 10.1. The summed E-state index contributed by atoms with van der Waals surface area (Å²) in [6.07, 6.45) is 5.41.